The quantitative estimate of drug-likeness (QED) is 0.786. The molecule has 0 unspecified atom stereocenters. The van der Waals surface area contributed by atoms with Crippen LogP contribution >= 0.6 is 0 Å². The Bertz CT molecular complexity index is 717. The van der Waals surface area contributed by atoms with Gasteiger partial charge in [-0.25, -0.2) is 0 Å². The van der Waals surface area contributed by atoms with Crippen molar-refractivity contribution in [3.05, 3.63) is 48.5 Å². The summed E-state index contributed by atoms with van der Waals surface area (Å²) in [5.74, 6) is -7.47. The number of rotatable bonds is 6. The lowest BCUT2D eigenvalue weighted by atomic mass is 10.2. The first-order chi connectivity index (χ1) is 11.9. The maximum Gasteiger partial charge on any atom is 0.401 e. The summed E-state index contributed by atoms with van der Waals surface area (Å²) in [4.78, 5) is 23.8. The number of nitrogens with one attached hydrogen (secondary N) is 2. The molecule has 0 heterocycles. The van der Waals surface area contributed by atoms with Gasteiger partial charge in [0, 0.05) is 0 Å². The number of amides is 2. The van der Waals surface area contributed by atoms with Crippen molar-refractivity contribution in [3.63, 3.8) is 0 Å². The van der Waals surface area contributed by atoms with Crippen molar-refractivity contribution >= 4 is 23.2 Å². The van der Waals surface area contributed by atoms with Crippen LogP contribution in [0, 0.1) is 0 Å². The molecule has 0 saturated carbocycles. The van der Waals surface area contributed by atoms with E-state index in [1.807, 2.05) is 10.6 Å². The van der Waals surface area contributed by atoms with Gasteiger partial charge in [0.05, 0.1) is 25.6 Å². The van der Waals surface area contributed by atoms with Gasteiger partial charge >= 0.3 is 17.7 Å². The highest BCUT2D eigenvalue weighted by Gasteiger charge is 2.48. The summed E-state index contributed by atoms with van der Waals surface area (Å²) in [5, 5.41) is 3.98. The van der Waals surface area contributed by atoms with Crippen LogP contribution in [-0.4, -0.2) is 32.0 Å². The lowest BCUT2D eigenvalue weighted by molar-refractivity contribution is -0.152. The molecule has 0 saturated heterocycles. The van der Waals surface area contributed by atoms with Crippen LogP contribution in [0.15, 0.2) is 48.5 Å². The third-order valence-electron chi connectivity index (χ3n) is 3.28. The maximum atomic E-state index is 14.1. The minimum Gasteiger partial charge on any atom is -0.495 e. The second-order valence-corrected chi connectivity index (χ2v) is 4.88. The molecule has 0 spiro atoms. The number of ether oxygens (including phenoxy) is 2. The van der Waals surface area contributed by atoms with Crippen molar-refractivity contribution < 1.29 is 27.8 Å². The Balaban J connectivity index is 2.16. The van der Waals surface area contributed by atoms with E-state index in [0.29, 0.717) is 0 Å². The van der Waals surface area contributed by atoms with Gasteiger partial charge in [0.25, 0.3) is 0 Å². The Morgan fingerprint density at radius 2 is 1.16 bits per heavy atom. The molecule has 8 heteroatoms. The highest BCUT2D eigenvalue weighted by atomic mass is 19.3. The van der Waals surface area contributed by atoms with Gasteiger partial charge in [0.1, 0.15) is 11.5 Å². The normalized spacial score (nSPS) is 10.7. The first-order valence-electron chi connectivity index (χ1n) is 7.17. The Hall–Kier alpha value is -3.16. The molecule has 6 nitrogen and oxygen atoms in total. The number of hydrogen-bond acceptors (Lipinski definition) is 4. The second kappa shape index (κ2) is 7.61. The summed E-state index contributed by atoms with van der Waals surface area (Å²) >= 11 is 0. The maximum absolute atomic E-state index is 14.1. The number of carbonyl (C=O) groups is 2. The summed E-state index contributed by atoms with van der Waals surface area (Å²) in [6, 6.07) is 12.0. The first kappa shape index (κ1) is 18.2. The molecular formula is C17H16F2N2O4. The standard InChI is InChI=1S/C17H16F2N2O4/c1-24-13-9-5-3-7-11(13)20-15(22)17(18,19)16(23)21-12-8-4-6-10-14(12)25-2/h3-10H,1-2H3,(H,20,22)(H,21,23). The Morgan fingerprint density at radius 1 is 0.800 bits per heavy atom. The average molecular weight is 350 g/mol. The van der Waals surface area contributed by atoms with E-state index < -0.39 is 17.7 Å². The predicted octanol–water partition coefficient (Wildman–Crippen LogP) is 2.92. The number of benzene rings is 2. The number of para-hydroxylation sites is 4. The highest BCUT2D eigenvalue weighted by molar-refractivity contribution is 6.16. The zero-order valence-corrected chi connectivity index (χ0v) is 13.5. The number of anilines is 2. The molecule has 0 aliphatic rings. The number of alkyl halides is 2. The van der Waals surface area contributed by atoms with Gasteiger partial charge in [-0.1, -0.05) is 24.3 Å². The highest BCUT2D eigenvalue weighted by Crippen LogP contribution is 2.28. The molecule has 0 atom stereocenters. The molecule has 2 aromatic rings. The molecule has 0 aromatic heterocycles. The van der Waals surface area contributed by atoms with E-state index in [-0.39, 0.29) is 22.9 Å². The molecule has 132 valence electrons. The van der Waals surface area contributed by atoms with E-state index in [1.54, 1.807) is 12.1 Å². The van der Waals surface area contributed by atoms with E-state index in [4.69, 9.17) is 9.47 Å². The summed E-state index contributed by atoms with van der Waals surface area (Å²) in [6.07, 6.45) is 0. The number of carbonyl (C=O) groups excluding carboxylic acids is 2. The number of hydrogen-bond donors (Lipinski definition) is 2. The molecule has 25 heavy (non-hydrogen) atoms. The van der Waals surface area contributed by atoms with Crippen molar-refractivity contribution in [1.82, 2.24) is 0 Å². The summed E-state index contributed by atoms with van der Waals surface area (Å²) in [5.41, 5.74) is 0.0551. The van der Waals surface area contributed by atoms with E-state index in [1.165, 1.54) is 50.6 Å². The molecule has 0 fully saturated rings. The fourth-order valence-electron chi connectivity index (χ4n) is 2.00. The average Bonchev–Trinajstić information content (AvgIpc) is 2.62. The molecular weight excluding hydrogens is 334 g/mol. The molecule has 2 N–H and O–H groups in total. The van der Waals surface area contributed by atoms with E-state index in [2.05, 4.69) is 0 Å². The summed E-state index contributed by atoms with van der Waals surface area (Å²) in [7, 11) is 2.66. The third kappa shape index (κ3) is 4.03. The molecule has 0 radical (unpaired) electrons. The van der Waals surface area contributed by atoms with Crippen molar-refractivity contribution in [2.75, 3.05) is 24.9 Å². The van der Waals surface area contributed by atoms with Gasteiger partial charge in [0.2, 0.25) is 0 Å². The number of halogens is 2. The van der Waals surface area contributed by atoms with Gasteiger partial charge < -0.3 is 20.1 Å². The molecule has 0 aliphatic carbocycles. The Labute approximate surface area is 142 Å². The molecule has 0 bridgehead atoms. The van der Waals surface area contributed by atoms with Crippen molar-refractivity contribution in [3.8, 4) is 11.5 Å². The van der Waals surface area contributed by atoms with Gasteiger partial charge in [-0.15, -0.1) is 0 Å². The van der Waals surface area contributed by atoms with Crippen molar-refractivity contribution in [1.29, 1.82) is 0 Å². The summed E-state index contributed by atoms with van der Waals surface area (Å²) in [6.45, 7) is 0. The van der Waals surface area contributed by atoms with Crippen molar-refractivity contribution in [2.45, 2.75) is 5.92 Å². The lowest BCUT2D eigenvalue weighted by Crippen LogP contribution is -2.45. The molecule has 2 amide bonds. The topological polar surface area (TPSA) is 76.7 Å². The van der Waals surface area contributed by atoms with Crippen LogP contribution in [0.1, 0.15) is 0 Å². The minimum atomic E-state index is -4.30. The lowest BCUT2D eigenvalue weighted by Gasteiger charge is -2.17. The molecule has 0 aliphatic heterocycles. The fraction of sp³-hybridized carbons (Fsp3) is 0.176. The third-order valence-corrected chi connectivity index (χ3v) is 3.28. The summed E-state index contributed by atoms with van der Waals surface area (Å²) < 4.78 is 38.2. The van der Waals surface area contributed by atoms with E-state index in [9.17, 15) is 18.4 Å². The first-order valence-corrected chi connectivity index (χ1v) is 7.17. The van der Waals surface area contributed by atoms with Crippen LogP contribution in [0.25, 0.3) is 0 Å². The monoisotopic (exact) mass is 350 g/mol. The van der Waals surface area contributed by atoms with Crippen LogP contribution in [-0.2, 0) is 9.59 Å². The predicted molar refractivity (Wildman–Crippen MR) is 88.2 cm³/mol. The smallest absolute Gasteiger partial charge is 0.401 e. The van der Waals surface area contributed by atoms with Crippen molar-refractivity contribution in [2.24, 2.45) is 0 Å². The fourth-order valence-corrected chi connectivity index (χ4v) is 2.00. The van der Waals surface area contributed by atoms with Crippen LogP contribution in [0.3, 0.4) is 0 Å². The van der Waals surface area contributed by atoms with E-state index >= 15 is 0 Å². The van der Waals surface area contributed by atoms with Gasteiger partial charge in [-0.3, -0.25) is 9.59 Å². The second-order valence-electron chi connectivity index (χ2n) is 4.88. The van der Waals surface area contributed by atoms with Gasteiger partial charge in [-0.2, -0.15) is 8.78 Å². The molecule has 2 aromatic carbocycles. The zero-order chi connectivity index (χ0) is 18.4. The number of methoxy groups -OCH3 is 2. The largest absolute Gasteiger partial charge is 0.495 e. The van der Waals surface area contributed by atoms with Gasteiger partial charge in [-0.05, 0) is 24.3 Å². The zero-order valence-electron chi connectivity index (χ0n) is 13.5. The van der Waals surface area contributed by atoms with Crippen LogP contribution in [0.2, 0.25) is 0 Å². The Kier molecular flexibility index (Phi) is 5.53. The Morgan fingerprint density at radius 3 is 1.52 bits per heavy atom. The van der Waals surface area contributed by atoms with E-state index in [0.717, 1.165) is 0 Å². The SMILES string of the molecule is COc1ccccc1NC(=O)C(F)(F)C(=O)Nc1ccccc1OC. The molecule has 2 rings (SSSR count). The van der Waals surface area contributed by atoms with Crippen LogP contribution in [0.5, 0.6) is 11.5 Å². The van der Waals surface area contributed by atoms with Crippen LogP contribution in [0.4, 0.5) is 20.2 Å². The minimum absolute atomic E-state index is 0.0276. The van der Waals surface area contributed by atoms with Gasteiger partial charge in [0.15, 0.2) is 0 Å². The van der Waals surface area contributed by atoms with Crippen LogP contribution < -0.4 is 20.1 Å².